The molecule has 29 heavy (non-hydrogen) atoms. The topological polar surface area (TPSA) is 66.5 Å². The molecule has 0 aliphatic rings. The summed E-state index contributed by atoms with van der Waals surface area (Å²) in [6.07, 6.45) is -3.96. The van der Waals surface area contributed by atoms with Crippen molar-refractivity contribution in [3.63, 3.8) is 0 Å². The van der Waals surface area contributed by atoms with E-state index in [1.54, 1.807) is 12.1 Å². The smallest absolute Gasteiger partial charge is 0.350 e. The second-order valence-electron chi connectivity index (χ2n) is 5.95. The first-order valence-electron chi connectivity index (χ1n) is 7.84. The van der Waals surface area contributed by atoms with Crippen LogP contribution in [-0.2, 0) is 27.5 Å². The van der Waals surface area contributed by atoms with Gasteiger partial charge in [0.2, 0.25) is 15.9 Å². The molecule has 0 saturated carbocycles. The maximum atomic E-state index is 13.0. The molecule has 0 aliphatic carbocycles. The first kappa shape index (κ1) is 23.6. The van der Waals surface area contributed by atoms with Gasteiger partial charge in [0, 0.05) is 16.6 Å². The van der Waals surface area contributed by atoms with Gasteiger partial charge in [0.25, 0.3) is 0 Å². The lowest BCUT2D eigenvalue weighted by Crippen LogP contribution is -2.40. The summed E-state index contributed by atoms with van der Waals surface area (Å²) in [6.45, 7) is -0.812. The molecule has 0 unspecified atom stereocenters. The number of carbonyl (C=O) groups is 1. The predicted octanol–water partition coefficient (Wildman–Crippen LogP) is 4.75. The second-order valence-corrected chi connectivity index (χ2v) is 9.10. The number of halogens is 6. The van der Waals surface area contributed by atoms with Gasteiger partial charge >= 0.3 is 6.18 Å². The Hall–Kier alpha value is -1.68. The first-order valence-corrected chi connectivity index (χ1v) is 10.8. The SMILES string of the molecule is CS(=O)(=O)N(CC(=O)NCc1ccc(Cl)cc1Cl)c1cc(C(F)(F)F)ccc1Cl. The maximum Gasteiger partial charge on any atom is 0.416 e. The van der Waals surface area contributed by atoms with Crippen molar-refractivity contribution in [3.05, 3.63) is 62.6 Å². The van der Waals surface area contributed by atoms with Crippen LogP contribution < -0.4 is 9.62 Å². The van der Waals surface area contributed by atoms with Gasteiger partial charge in [-0.2, -0.15) is 13.2 Å². The number of amides is 1. The van der Waals surface area contributed by atoms with E-state index in [4.69, 9.17) is 34.8 Å². The van der Waals surface area contributed by atoms with E-state index in [0.29, 0.717) is 26.0 Å². The minimum Gasteiger partial charge on any atom is -0.350 e. The molecule has 0 bridgehead atoms. The van der Waals surface area contributed by atoms with E-state index in [1.807, 2.05) is 0 Å². The number of carbonyl (C=O) groups excluding carboxylic acids is 1. The van der Waals surface area contributed by atoms with Crippen LogP contribution in [0.4, 0.5) is 18.9 Å². The zero-order valence-electron chi connectivity index (χ0n) is 14.7. The van der Waals surface area contributed by atoms with Crippen molar-refractivity contribution in [2.45, 2.75) is 12.7 Å². The lowest BCUT2D eigenvalue weighted by Gasteiger charge is -2.24. The molecule has 0 aliphatic heterocycles. The Morgan fingerprint density at radius 1 is 1.07 bits per heavy atom. The number of nitrogens with one attached hydrogen (secondary N) is 1. The highest BCUT2D eigenvalue weighted by atomic mass is 35.5. The number of nitrogens with zero attached hydrogens (tertiary/aromatic N) is 1. The van der Waals surface area contributed by atoms with Gasteiger partial charge in [-0.05, 0) is 35.9 Å². The van der Waals surface area contributed by atoms with Crippen LogP contribution in [0.3, 0.4) is 0 Å². The molecule has 5 nitrogen and oxygen atoms in total. The molecule has 0 atom stereocenters. The Balaban J connectivity index is 2.25. The van der Waals surface area contributed by atoms with Gasteiger partial charge in [-0.1, -0.05) is 40.9 Å². The summed E-state index contributed by atoms with van der Waals surface area (Å²) in [4.78, 5) is 12.3. The maximum absolute atomic E-state index is 13.0. The molecular formula is C17H14Cl3F3N2O3S. The number of hydrogen-bond acceptors (Lipinski definition) is 3. The molecule has 1 amide bonds. The lowest BCUT2D eigenvalue weighted by molar-refractivity contribution is -0.137. The van der Waals surface area contributed by atoms with Gasteiger partial charge in [-0.3, -0.25) is 9.10 Å². The minimum absolute atomic E-state index is 0.0389. The average molecular weight is 490 g/mol. The van der Waals surface area contributed by atoms with Gasteiger partial charge in [-0.15, -0.1) is 0 Å². The summed E-state index contributed by atoms with van der Waals surface area (Å²) in [5.41, 5.74) is -1.03. The molecular weight excluding hydrogens is 476 g/mol. The fourth-order valence-corrected chi connectivity index (χ4v) is 3.91. The Kier molecular flexibility index (Phi) is 7.32. The number of alkyl halides is 3. The average Bonchev–Trinajstić information content (AvgIpc) is 2.57. The molecule has 0 saturated heterocycles. The van der Waals surface area contributed by atoms with Crippen molar-refractivity contribution in [1.29, 1.82) is 0 Å². The third-order valence-electron chi connectivity index (χ3n) is 3.72. The molecule has 2 rings (SSSR count). The Labute approximate surface area is 180 Å². The van der Waals surface area contributed by atoms with Crippen molar-refractivity contribution >= 4 is 56.4 Å². The molecule has 158 valence electrons. The van der Waals surface area contributed by atoms with Gasteiger partial charge in [-0.25, -0.2) is 8.42 Å². The highest BCUT2D eigenvalue weighted by Gasteiger charge is 2.33. The largest absolute Gasteiger partial charge is 0.416 e. The zero-order valence-corrected chi connectivity index (χ0v) is 17.8. The number of rotatable bonds is 6. The normalized spacial score (nSPS) is 12.0. The number of sulfonamides is 1. The standard InChI is InChI=1S/C17H14Cl3F3N2O3S/c1-29(27,28)25(15-6-11(17(21,22)23)3-5-13(15)19)9-16(26)24-8-10-2-4-12(18)7-14(10)20/h2-7H,8-9H2,1H3,(H,24,26). The highest BCUT2D eigenvalue weighted by molar-refractivity contribution is 7.92. The summed E-state index contributed by atoms with van der Waals surface area (Å²) in [5, 5.41) is 2.89. The van der Waals surface area contributed by atoms with Crippen molar-refractivity contribution in [1.82, 2.24) is 5.32 Å². The molecule has 0 fully saturated rings. The van der Waals surface area contributed by atoms with Gasteiger partial charge in [0.15, 0.2) is 0 Å². The third kappa shape index (κ3) is 6.40. The molecule has 2 aromatic rings. The highest BCUT2D eigenvalue weighted by Crippen LogP contribution is 2.36. The van der Waals surface area contributed by atoms with Crippen LogP contribution in [-0.4, -0.2) is 27.1 Å². The second kappa shape index (κ2) is 8.99. The Bertz CT molecular complexity index is 1030. The van der Waals surface area contributed by atoms with E-state index in [1.165, 1.54) is 6.07 Å². The summed E-state index contributed by atoms with van der Waals surface area (Å²) in [7, 11) is -4.12. The Morgan fingerprint density at radius 3 is 2.28 bits per heavy atom. The summed E-state index contributed by atoms with van der Waals surface area (Å²) >= 11 is 17.7. The third-order valence-corrected chi connectivity index (χ3v) is 5.75. The first-order chi connectivity index (χ1) is 13.3. The van der Waals surface area contributed by atoms with Gasteiger partial charge in [0.05, 0.1) is 22.5 Å². The molecule has 0 heterocycles. The zero-order chi connectivity index (χ0) is 22.0. The van der Waals surface area contributed by atoms with E-state index in [2.05, 4.69) is 5.32 Å². The number of anilines is 1. The van der Waals surface area contributed by atoms with Crippen LogP contribution in [0.2, 0.25) is 15.1 Å². The van der Waals surface area contributed by atoms with Crippen molar-refractivity contribution in [3.8, 4) is 0 Å². The number of benzene rings is 2. The molecule has 0 spiro atoms. The van der Waals surface area contributed by atoms with Crippen LogP contribution in [0, 0.1) is 0 Å². The molecule has 0 aromatic heterocycles. The molecule has 1 N–H and O–H groups in total. The van der Waals surface area contributed by atoms with E-state index in [0.717, 1.165) is 18.4 Å². The van der Waals surface area contributed by atoms with Crippen LogP contribution >= 0.6 is 34.8 Å². The van der Waals surface area contributed by atoms with E-state index < -0.39 is 39.9 Å². The summed E-state index contributed by atoms with van der Waals surface area (Å²) < 4.78 is 63.7. The van der Waals surface area contributed by atoms with Crippen molar-refractivity contribution in [2.24, 2.45) is 0 Å². The quantitative estimate of drug-likeness (QED) is 0.637. The lowest BCUT2D eigenvalue weighted by atomic mass is 10.2. The number of hydrogen-bond donors (Lipinski definition) is 1. The van der Waals surface area contributed by atoms with Gasteiger partial charge < -0.3 is 5.32 Å². The molecule has 2 aromatic carbocycles. The van der Waals surface area contributed by atoms with Gasteiger partial charge in [0.1, 0.15) is 6.54 Å². The van der Waals surface area contributed by atoms with Crippen molar-refractivity contribution < 1.29 is 26.4 Å². The Morgan fingerprint density at radius 2 is 1.72 bits per heavy atom. The summed E-state index contributed by atoms with van der Waals surface area (Å²) in [5.74, 6) is -0.769. The fourth-order valence-electron chi connectivity index (χ4n) is 2.31. The van der Waals surface area contributed by atoms with Crippen LogP contribution in [0.5, 0.6) is 0 Å². The molecule has 0 radical (unpaired) electrons. The van der Waals surface area contributed by atoms with E-state index in [9.17, 15) is 26.4 Å². The molecule has 12 heteroatoms. The van der Waals surface area contributed by atoms with Crippen molar-refractivity contribution in [2.75, 3.05) is 17.1 Å². The van der Waals surface area contributed by atoms with Crippen LogP contribution in [0.15, 0.2) is 36.4 Å². The predicted molar refractivity (Wildman–Crippen MR) is 107 cm³/mol. The summed E-state index contributed by atoms with van der Waals surface area (Å²) in [6, 6.07) is 6.81. The van der Waals surface area contributed by atoms with E-state index in [-0.39, 0.29) is 11.6 Å². The van der Waals surface area contributed by atoms with Crippen LogP contribution in [0.25, 0.3) is 0 Å². The van der Waals surface area contributed by atoms with E-state index >= 15 is 0 Å². The van der Waals surface area contributed by atoms with Crippen LogP contribution in [0.1, 0.15) is 11.1 Å². The monoisotopic (exact) mass is 488 g/mol. The fraction of sp³-hybridized carbons (Fsp3) is 0.235. The minimum atomic E-state index is -4.71.